The average Bonchev–Trinajstić information content (AvgIpc) is 2.90. The first-order valence-corrected chi connectivity index (χ1v) is 7.12. The molecular formula is C15H19NS. The molecule has 2 heteroatoms. The number of benzene rings is 1. The lowest BCUT2D eigenvalue weighted by molar-refractivity contribution is 0.793. The van der Waals surface area contributed by atoms with E-state index in [0.717, 1.165) is 0 Å². The normalized spacial score (nSPS) is 12.6. The molecular weight excluding hydrogens is 226 g/mol. The summed E-state index contributed by atoms with van der Waals surface area (Å²) in [6, 6.07) is 10.8. The average molecular weight is 245 g/mol. The van der Waals surface area contributed by atoms with E-state index in [1.54, 1.807) is 11.3 Å². The van der Waals surface area contributed by atoms with Crippen LogP contribution in [0.5, 0.6) is 0 Å². The molecule has 0 fully saturated rings. The zero-order chi connectivity index (χ0) is 12.1. The Labute approximate surface area is 107 Å². The van der Waals surface area contributed by atoms with E-state index in [1.807, 2.05) is 0 Å². The lowest BCUT2D eigenvalue weighted by Gasteiger charge is -2.11. The van der Waals surface area contributed by atoms with Crippen LogP contribution in [0.2, 0.25) is 0 Å². The zero-order valence-corrected chi connectivity index (χ0v) is 11.0. The van der Waals surface area contributed by atoms with Crippen LogP contribution in [0.1, 0.15) is 42.5 Å². The first-order chi connectivity index (χ1) is 8.31. The third-order valence-corrected chi connectivity index (χ3v) is 3.76. The molecule has 1 aromatic carbocycles. The van der Waals surface area contributed by atoms with Gasteiger partial charge in [0.1, 0.15) is 0 Å². The Balaban J connectivity index is 2.07. The summed E-state index contributed by atoms with van der Waals surface area (Å²) < 4.78 is 0. The fourth-order valence-corrected chi connectivity index (χ4v) is 2.61. The van der Waals surface area contributed by atoms with E-state index in [2.05, 4.69) is 48.0 Å². The van der Waals surface area contributed by atoms with Crippen LogP contribution in [0.3, 0.4) is 0 Å². The van der Waals surface area contributed by atoms with Crippen molar-refractivity contribution in [2.75, 3.05) is 0 Å². The quantitative estimate of drug-likeness (QED) is 0.841. The molecule has 2 N–H and O–H groups in total. The molecule has 0 radical (unpaired) electrons. The molecule has 2 aromatic rings. The Hall–Kier alpha value is -1.12. The van der Waals surface area contributed by atoms with Crippen LogP contribution >= 0.6 is 11.3 Å². The van der Waals surface area contributed by atoms with E-state index >= 15 is 0 Å². The van der Waals surface area contributed by atoms with Gasteiger partial charge in [0.15, 0.2) is 0 Å². The van der Waals surface area contributed by atoms with Gasteiger partial charge in [0.2, 0.25) is 0 Å². The molecule has 1 nitrogen and oxygen atoms in total. The van der Waals surface area contributed by atoms with E-state index in [-0.39, 0.29) is 6.04 Å². The SMILES string of the molecule is CCCCc1ccc(C(N)c2ccsc2)cc1. The smallest absolute Gasteiger partial charge is 0.0559 e. The van der Waals surface area contributed by atoms with Gasteiger partial charge in [-0.05, 0) is 46.4 Å². The molecule has 90 valence electrons. The molecule has 0 aliphatic rings. The lowest BCUT2D eigenvalue weighted by atomic mass is 9.99. The highest BCUT2D eigenvalue weighted by atomic mass is 32.1. The minimum atomic E-state index is 0.0153. The fraction of sp³-hybridized carbons (Fsp3) is 0.333. The Morgan fingerprint density at radius 1 is 1.12 bits per heavy atom. The molecule has 2 rings (SSSR count). The van der Waals surface area contributed by atoms with Crippen molar-refractivity contribution in [2.45, 2.75) is 32.2 Å². The summed E-state index contributed by atoms with van der Waals surface area (Å²) in [7, 11) is 0. The highest BCUT2D eigenvalue weighted by molar-refractivity contribution is 7.08. The van der Waals surface area contributed by atoms with Gasteiger partial charge in [0.25, 0.3) is 0 Å². The predicted molar refractivity (Wildman–Crippen MR) is 75.4 cm³/mol. The molecule has 17 heavy (non-hydrogen) atoms. The van der Waals surface area contributed by atoms with Gasteiger partial charge in [-0.3, -0.25) is 0 Å². The lowest BCUT2D eigenvalue weighted by Crippen LogP contribution is -2.10. The van der Waals surface area contributed by atoms with E-state index in [1.165, 1.54) is 36.0 Å². The molecule has 1 heterocycles. The third kappa shape index (κ3) is 3.18. The van der Waals surface area contributed by atoms with Crippen molar-refractivity contribution in [3.8, 4) is 0 Å². The zero-order valence-electron chi connectivity index (χ0n) is 10.2. The highest BCUT2D eigenvalue weighted by Crippen LogP contribution is 2.22. The largest absolute Gasteiger partial charge is 0.320 e. The van der Waals surface area contributed by atoms with Crippen LogP contribution in [-0.2, 0) is 6.42 Å². The minimum Gasteiger partial charge on any atom is -0.320 e. The van der Waals surface area contributed by atoms with Gasteiger partial charge >= 0.3 is 0 Å². The minimum absolute atomic E-state index is 0.0153. The first-order valence-electron chi connectivity index (χ1n) is 6.17. The summed E-state index contributed by atoms with van der Waals surface area (Å²) in [4.78, 5) is 0. The van der Waals surface area contributed by atoms with Crippen LogP contribution < -0.4 is 5.73 Å². The van der Waals surface area contributed by atoms with Gasteiger partial charge in [-0.1, -0.05) is 37.6 Å². The summed E-state index contributed by atoms with van der Waals surface area (Å²) in [5, 5.41) is 4.19. The second-order valence-corrected chi connectivity index (χ2v) is 5.16. The Bertz CT molecular complexity index is 430. The van der Waals surface area contributed by atoms with Crippen molar-refractivity contribution in [3.63, 3.8) is 0 Å². The summed E-state index contributed by atoms with van der Waals surface area (Å²) in [6.07, 6.45) is 3.68. The van der Waals surface area contributed by atoms with E-state index in [4.69, 9.17) is 5.73 Å². The molecule has 1 unspecified atom stereocenters. The second kappa shape index (κ2) is 5.99. The van der Waals surface area contributed by atoms with Crippen LogP contribution in [0.4, 0.5) is 0 Å². The van der Waals surface area contributed by atoms with Crippen molar-refractivity contribution < 1.29 is 0 Å². The molecule has 0 spiro atoms. The standard InChI is InChI=1S/C15H19NS/c1-2-3-4-12-5-7-13(8-6-12)15(16)14-9-10-17-11-14/h5-11,15H,2-4,16H2,1H3. The molecule has 0 aliphatic heterocycles. The maximum absolute atomic E-state index is 6.22. The fourth-order valence-electron chi connectivity index (χ4n) is 1.92. The third-order valence-electron chi connectivity index (χ3n) is 3.06. The summed E-state index contributed by atoms with van der Waals surface area (Å²) >= 11 is 1.70. The number of thiophene rings is 1. The molecule has 0 saturated carbocycles. The number of rotatable bonds is 5. The van der Waals surface area contributed by atoms with Crippen molar-refractivity contribution in [1.29, 1.82) is 0 Å². The molecule has 0 bridgehead atoms. The van der Waals surface area contributed by atoms with Gasteiger partial charge in [-0.2, -0.15) is 11.3 Å². The molecule has 1 aromatic heterocycles. The van der Waals surface area contributed by atoms with Crippen molar-refractivity contribution in [3.05, 3.63) is 57.8 Å². The Kier molecular flexibility index (Phi) is 4.35. The van der Waals surface area contributed by atoms with Crippen molar-refractivity contribution in [1.82, 2.24) is 0 Å². The van der Waals surface area contributed by atoms with E-state index in [0.29, 0.717) is 0 Å². The highest BCUT2D eigenvalue weighted by Gasteiger charge is 2.08. The molecule has 0 saturated heterocycles. The monoisotopic (exact) mass is 245 g/mol. The molecule has 0 amide bonds. The van der Waals surface area contributed by atoms with Crippen molar-refractivity contribution >= 4 is 11.3 Å². The van der Waals surface area contributed by atoms with E-state index in [9.17, 15) is 0 Å². The number of hydrogen-bond donors (Lipinski definition) is 1. The van der Waals surface area contributed by atoms with Crippen LogP contribution in [-0.4, -0.2) is 0 Å². The number of hydrogen-bond acceptors (Lipinski definition) is 2. The van der Waals surface area contributed by atoms with Gasteiger partial charge in [0, 0.05) is 0 Å². The Morgan fingerprint density at radius 2 is 1.88 bits per heavy atom. The van der Waals surface area contributed by atoms with Crippen LogP contribution in [0.15, 0.2) is 41.1 Å². The Morgan fingerprint density at radius 3 is 2.47 bits per heavy atom. The molecule has 1 atom stereocenters. The number of aryl methyl sites for hydroxylation is 1. The van der Waals surface area contributed by atoms with E-state index < -0.39 is 0 Å². The van der Waals surface area contributed by atoms with Gasteiger partial charge in [-0.15, -0.1) is 0 Å². The summed E-state index contributed by atoms with van der Waals surface area (Å²) in [5.41, 5.74) is 10.0. The number of nitrogens with two attached hydrogens (primary N) is 1. The molecule has 0 aliphatic carbocycles. The maximum atomic E-state index is 6.22. The van der Waals surface area contributed by atoms with Gasteiger partial charge in [-0.25, -0.2) is 0 Å². The van der Waals surface area contributed by atoms with Gasteiger partial charge in [0.05, 0.1) is 6.04 Å². The van der Waals surface area contributed by atoms with Crippen LogP contribution in [0.25, 0.3) is 0 Å². The van der Waals surface area contributed by atoms with Crippen molar-refractivity contribution in [2.24, 2.45) is 5.73 Å². The van der Waals surface area contributed by atoms with Crippen LogP contribution in [0, 0.1) is 0 Å². The second-order valence-electron chi connectivity index (χ2n) is 4.38. The maximum Gasteiger partial charge on any atom is 0.0559 e. The summed E-state index contributed by atoms with van der Waals surface area (Å²) in [5.74, 6) is 0. The predicted octanol–water partition coefficient (Wildman–Crippen LogP) is 4.14. The summed E-state index contributed by atoms with van der Waals surface area (Å²) in [6.45, 7) is 2.22. The number of unbranched alkanes of at least 4 members (excludes halogenated alkanes) is 1. The topological polar surface area (TPSA) is 26.0 Å². The first kappa shape index (κ1) is 12.3. The van der Waals surface area contributed by atoms with Gasteiger partial charge < -0.3 is 5.73 Å².